The molecule has 3 heteroatoms. The van der Waals surface area contributed by atoms with E-state index in [1.165, 1.54) is 0 Å². The summed E-state index contributed by atoms with van der Waals surface area (Å²) in [6.45, 7) is 16.7. The number of carbonyl (C=O) groups is 1. The summed E-state index contributed by atoms with van der Waals surface area (Å²) in [5.41, 5.74) is 0. The molecule has 2 aliphatic rings. The van der Waals surface area contributed by atoms with E-state index in [1.807, 2.05) is 0 Å². The van der Waals surface area contributed by atoms with Gasteiger partial charge in [0.1, 0.15) is 5.78 Å². The molecule has 0 aromatic heterocycles. The van der Waals surface area contributed by atoms with Crippen molar-refractivity contribution in [3.05, 3.63) is 12.2 Å². The van der Waals surface area contributed by atoms with Crippen molar-refractivity contribution in [1.29, 1.82) is 0 Å². The van der Waals surface area contributed by atoms with Gasteiger partial charge in [0.25, 0.3) is 0 Å². The van der Waals surface area contributed by atoms with E-state index in [0.717, 1.165) is 19.4 Å². The molecule has 0 saturated heterocycles. The first kappa shape index (κ1) is 17.9. The molecule has 0 spiro atoms. The van der Waals surface area contributed by atoms with Crippen molar-refractivity contribution in [2.75, 3.05) is 6.61 Å². The SMILES string of the molecule is C[C@H]1CC(=O)[C@@H]2[C@H](CO[Si](C)(C)C(C)(C)C)[C@H](C)C=C[C@@H]2C1. The number of hydrogen-bond donors (Lipinski definition) is 0. The fourth-order valence-electron chi connectivity index (χ4n) is 3.73. The number of carbonyl (C=O) groups excluding carboxylic acids is 1. The molecule has 0 N–H and O–H groups in total. The first-order valence-corrected chi connectivity index (χ1v) is 11.8. The van der Waals surface area contributed by atoms with Crippen LogP contribution in [-0.4, -0.2) is 20.7 Å². The lowest BCUT2D eigenvalue weighted by Gasteiger charge is -2.44. The van der Waals surface area contributed by atoms with Gasteiger partial charge in [0, 0.05) is 18.9 Å². The van der Waals surface area contributed by atoms with E-state index in [4.69, 9.17) is 4.43 Å². The van der Waals surface area contributed by atoms with Crippen LogP contribution in [0.25, 0.3) is 0 Å². The predicted molar refractivity (Wildman–Crippen MR) is 95.3 cm³/mol. The molecule has 5 atom stereocenters. The summed E-state index contributed by atoms with van der Waals surface area (Å²) in [4.78, 5) is 12.6. The molecule has 0 heterocycles. The van der Waals surface area contributed by atoms with Crippen molar-refractivity contribution >= 4 is 14.1 Å². The first-order chi connectivity index (χ1) is 10.0. The maximum absolute atomic E-state index is 12.6. The lowest BCUT2D eigenvalue weighted by atomic mass is 9.63. The van der Waals surface area contributed by atoms with Crippen LogP contribution in [0, 0.1) is 29.6 Å². The minimum atomic E-state index is -1.75. The Morgan fingerprint density at radius 3 is 2.45 bits per heavy atom. The zero-order valence-corrected chi connectivity index (χ0v) is 16.5. The monoisotopic (exact) mass is 322 g/mol. The molecular formula is C19H34O2Si. The van der Waals surface area contributed by atoms with E-state index in [0.29, 0.717) is 29.5 Å². The zero-order chi connectivity index (χ0) is 16.7. The number of fused-ring (bicyclic) bond motifs is 1. The van der Waals surface area contributed by atoms with Gasteiger partial charge in [-0.3, -0.25) is 4.79 Å². The summed E-state index contributed by atoms with van der Waals surface area (Å²) < 4.78 is 6.48. The third-order valence-electron chi connectivity index (χ3n) is 6.30. The highest BCUT2D eigenvalue weighted by atomic mass is 28.4. The standard InChI is InChI=1S/C19H34O2Si/c1-13-10-15-9-8-14(2)16(18(15)17(20)11-13)12-21-22(6,7)19(3,4)5/h8-9,13-16,18H,10-12H2,1-7H3/t13-,14-,15-,16-,18+/m1/s1. The quantitative estimate of drug-likeness (QED) is 0.536. The molecule has 2 aliphatic carbocycles. The highest BCUT2D eigenvalue weighted by molar-refractivity contribution is 6.74. The molecular weight excluding hydrogens is 288 g/mol. The Morgan fingerprint density at radius 2 is 1.86 bits per heavy atom. The average molecular weight is 323 g/mol. The molecule has 0 aromatic carbocycles. The van der Waals surface area contributed by atoms with Crippen LogP contribution in [0.5, 0.6) is 0 Å². The smallest absolute Gasteiger partial charge is 0.191 e. The van der Waals surface area contributed by atoms with Crippen molar-refractivity contribution in [2.45, 2.75) is 65.6 Å². The average Bonchev–Trinajstić information content (AvgIpc) is 2.36. The first-order valence-electron chi connectivity index (χ1n) is 8.88. The summed E-state index contributed by atoms with van der Waals surface area (Å²) in [5, 5.41) is 0.227. The van der Waals surface area contributed by atoms with Crippen LogP contribution in [0.4, 0.5) is 0 Å². The van der Waals surface area contributed by atoms with E-state index in [9.17, 15) is 4.79 Å². The summed E-state index contributed by atoms with van der Waals surface area (Å²) in [6.07, 6.45) is 6.56. The van der Waals surface area contributed by atoms with Crippen LogP contribution in [-0.2, 0) is 9.22 Å². The zero-order valence-electron chi connectivity index (χ0n) is 15.5. The minimum absolute atomic E-state index is 0.195. The van der Waals surface area contributed by atoms with Gasteiger partial charge < -0.3 is 4.43 Å². The van der Waals surface area contributed by atoms with Crippen LogP contribution in [0.3, 0.4) is 0 Å². The lowest BCUT2D eigenvalue weighted by Crippen LogP contribution is -2.47. The van der Waals surface area contributed by atoms with E-state index in [2.05, 4.69) is 59.9 Å². The fraction of sp³-hybridized carbons (Fsp3) is 0.842. The largest absolute Gasteiger partial charge is 0.417 e. The second-order valence-corrected chi connectivity index (χ2v) is 14.0. The molecule has 2 nitrogen and oxygen atoms in total. The van der Waals surface area contributed by atoms with Gasteiger partial charge in [-0.15, -0.1) is 0 Å². The van der Waals surface area contributed by atoms with Crippen molar-refractivity contribution in [3.63, 3.8) is 0 Å². The van der Waals surface area contributed by atoms with E-state index in [1.54, 1.807) is 0 Å². The third kappa shape index (κ3) is 3.56. The fourth-order valence-corrected chi connectivity index (χ4v) is 4.77. The normalized spacial score (nSPS) is 36.3. The highest BCUT2D eigenvalue weighted by Gasteiger charge is 2.44. The van der Waals surface area contributed by atoms with Gasteiger partial charge in [-0.2, -0.15) is 0 Å². The third-order valence-corrected chi connectivity index (χ3v) is 10.8. The molecule has 1 saturated carbocycles. The molecule has 126 valence electrons. The summed E-state index contributed by atoms with van der Waals surface area (Å²) in [7, 11) is -1.75. The summed E-state index contributed by atoms with van der Waals surface area (Å²) in [5.74, 6) is 2.46. The maximum atomic E-state index is 12.6. The Hall–Kier alpha value is -0.413. The molecule has 0 radical (unpaired) electrons. The van der Waals surface area contributed by atoms with Crippen LogP contribution < -0.4 is 0 Å². The number of hydrogen-bond acceptors (Lipinski definition) is 2. The van der Waals surface area contributed by atoms with Crippen LogP contribution >= 0.6 is 0 Å². The van der Waals surface area contributed by atoms with Crippen LogP contribution in [0.1, 0.15) is 47.5 Å². The molecule has 0 amide bonds. The maximum Gasteiger partial charge on any atom is 0.191 e. The van der Waals surface area contributed by atoms with Crippen LogP contribution in [0.15, 0.2) is 12.2 Å². The molecule has 0 unspecified atom stereocenters. The van der Waals surface area contributed by atoms with Crippen molar-refractivity contribution < 1.29 is 9.22 Å². The van der Waals surface area contributed by atoms with Gasteiger partial charge in [-0.05, 0) is 48.2 Å². The van der Waals surface area contributed by atoms with Gasteiger partial charge in [-0.1, -0.05) is 46.8 Å². The number of Topliss-reactive ketones (excluding diaryl/α,β-unsaturated/α-hetero) is 1. The van der Waals surface area contributed by atoms with Crippen molar-refractivity contribution in [1.82, 2.24) is 0 Å². The number of allylic oxidation sites excluding steroid dienone is 2. The Bertz CT molecular complexity index is 447. The highest BCUT2D eigenvalue weighted by Crippen LogP contribution is 2.44. The van der Waals surface area contributed by atoms with Gasteiger partial charge in [-0.25, -0.2) is 0 Å². The van der Waals surface area contributed by atoms with E-state index in [-0.39, 0.29) is 11.0 Å². The topological polar surface area (TPSA) is 26.3 Å². The Morgan fingerprint density at radius 1 is 1.23 bits per heavy atom. The Labute approximate surface area is 137 Å². The van der Waals surface area contributed by atoms with E-state index < -0.39 is 8.32 Å². The summed E-state index contributed by atoms with van der Waals surface area (Å²) in [6, 6.07) is 0. The van der Waals surface area contributed by atoms with Crippen molar-refractivity contribution in [2.24, 2.45) is 29.6 Å². The predicted octanol–water partition coefficient (Wildman–Crippen LogP) is 5.06. The summed E-state index contributed by atoms with van der Waals surface area (Å²) >= 11 is 0. The molecule has 0 bridgehead atoms. The molecule has 1 fully saturated rings. The Kier molecular flexibility index (Phi) is 5.08. The van der Waals surface area contributed by atoms with E-state index >= 15 is 0 Å². The van der Waals surface area contributed by atoms with Gasteiger partial charge in [0.2, 0.25) is 0 Å². The minimum Gasteiger partial charge on any atom is -0.417 e. The second-order valence-electron chi connectivity index (χ2n) is 9.18. The van der Waals surface area contributed by atoms with Gasteiger partial charge in [0.15, 0.2) is 8.32 Å². The second kappa shape index (κ2) is 6.24. The molecule has 0 aliphatic heterocycles. The number of rotatable bonds is 3. The molecule has 2 rings (SSSR count). The Balaban J connectivity index is 2.12. The van der Waals surface area contributed by atoms with Gasteiger partial charge >= 0.3 is 0 Å². The van der Waals surface area contributed by atoms with Gasteiger partial charge in [0.05, 0.1) is 0 Å². The van der Waals surface area contributed by atoms with Crippen molar-refractivity contribution in [3.8, 4) is 0 Å². The molecule has 0 aromatic rings. The molecule has 22 heavy (non-hydrogen) atoms. The number of ketones is 1. The lowest BCUT2D eigenvalue weighted by molar-refractivity contribution is -0.131. The van der Waals surface area contributed by atoms with Crippen LogP contribution in [0.2, 0.25) is 18.1 Å².